The van der Waals surface area contributed by atoms with Crippen LogP contribution in [0.2, 0.25) is 0 Å². The monoisotopic (exact) mass is 244 g/mol. The zero-order valence-electron chi connectivity index (χ0n) is 10.6. The van der Waals surface area contributed by atoms with Gasteiger partial charge in [-0.1, -0.05) is 0 Å². The topological polar surface area (TPSA) is 72.8 Å². The first kappa shape index (κ1) is 14.0. The molecule has 1 rings (SSSR count). The van der Waals surface area contributed by atoms with Crippen molar-refractivity contribution in [3.63, 3.8) is 0 Å². The first-order chi connectivity index (χ1) is 7.75. The average Bonchev–Trinajstić information content (AvgIpc) is 2.15. The maximum Gasteiger partial charge on any atom is 0.310 e. The molecule has 0 amide bonds. The fraction of sp³-hybridized carbons (Fsp3) is 0.833. The minimum absolute atomic E-state index is 0.0804. The molecule has 0 aliphatic carbocycles. The lowest BCUT2D eigenvalue weighted by Gasteiger charge is -2.33. The van der Waals surface area contributed by atoms with E-state index in [1.165, 1.54) is 0 Å². The number of carboxylic acids is 1. The van der Waals surface area contributed by atoms with E-state index in [0.717, 1.165) is 0 Å². The maximum atomic E-state index is 11.7. The number of carbonyl (C=O) groups is 2. The lowest BCUT2D eigenvalue weighted by atomic mass is 9.77. The number of carbonyl (C=O) groups excluding carboxylic acids is 1. The highest BCUT2D eigenvalue weighted by Crippen LogP contribution is 2.35. The molecule has 1 fully saturated rings. The third kappa shape index (κ3) is 4.00. The van der Waals surface area contributed by atoms with Crippen molar-refractivity contribution in [2.75, 3.05) is 13.2 Å². The van der Waals surface area contributed by atoms with Gasteiger partial charge in [0, 0.05) is 13.2 Å². The molecular weight excluding hydrogens is 224 g/mol. The Morgan fingerprint density at radius 3 is 2.24 bits per heavy atom. The maximum absolute atomic E-state index is 11.7. The molecule has 0 radical (unpaired) electrons. The SMILES string of the molecule is CC(C)(C)OC(=O)CC1(C(=O)O)CCOCC1. The number of hydrogen-bond donors (Lipinski definition) is 1. The summed E-state index contributed by atoms with van der Waals surface area (Å²) in [6.45, 7) is 6.07. The van der Waals surface area contributed by atoms with Crippen LogP contribution in [0.1, 0.15) is 40.0 Å². The van der Waals surface area contributed by atoms with Crippen molar-refractivity contribution in [3.8, 4) is 0 Å². The molecule has 5 nitrogen and oxygen atoms in total. The molecule has 0 spiro atoms. The summed E-state index contributed by atoms with van der Waals surface area (Å²) in [6, 6.07) is 0. The predicted octanol–water partition coefficient (Wildman–Crippen LogP) is 1.60. The third-order valence-electron chi connectivity index (χ3n) is 2.81. The van der Waals surface area contributed by atoms with E-state index in [0.29, 0.717) is 26.1 Å². The molecule has 0 unspecified atom stereocenters. The van der Waals surface area contributed by atoms with Crippen molar-refractivity contribution >= 4 is 11.9 Å². The number of esters is 1. The number of carboxylic acid groups (broad SMARTS) is 1. The van der Waals surface area contributed by atoms with Crippen molar-refractivity contribution in [1.82, 2.24) is 0 Å². The van der Waals surface area contributed by atoms with Crippen molar-refractivity contribution in [2.24, 2.45) is 5.41 Å². The summed E-state index contributed by atoms with van der Waals surface area (Å²) in [4.78, 5) is 23.0. The number of hydrogen-bond acceptors (Lipinski definition) is 4. The largest absolute Gasteiger partial charge is 0.481 e. The van der Waals surface area contributed by atoms with E-state index >= 15 is 0 Å². The highest BCUT2D eigenvalue weighted by molar-refractivity contribution is 5.82. The molecule has 1 aliphatic heterocycles. The van der Waals surface area contributed by atoms with Crippen molar-refractivity contribution < 1.29 is 24.2 Å². The highest BCUT2D eigenvalue weighted by atomic mass is 16.6. The first-order valence-corrected chi connectivity index (χ1v) is 5.78. The van der Waals surface area contributed by atoms with E-state index in [4.69, 9.17) is 9.47 Å². The molecule has 17 heavy (non-hydrogen) atoms. The van der Waals surface area contributed by atoms with E-state index < -0.39 is 23.0 Å². The Kier molecular flexibility index (Phi) is 4.14. The van der Waals surface area contributed by atoms with Gasteiger partial charge in [0.05, 0.1) is 11.8 Å². The van der Waals surface area contributed by atoms with Crippen molar-refractivity contribution in [2.45, 2.75) is 45.6 Å². The summed E-state index contributed by atoms with van der Waals surface area (Å²) in [7, 11) is 0. The first-order valence-electron chi connectivity index (χ1n) is 5.78. The molecule has 0 aromatic heterocycles. The van der Waals surface area contributed by atoms with Crippen LogP contribution in [0.15, 0.2) is 0 Å². The normalized spacial score (nSPS) is 19.7. The lowest BCUT2D eigenvalue weighted by Crippen LogP contribution is -2.40. The van der Waals surface area contributed by atoms with Crippen LogP contribution in [0.5, 0.6) is 0 Å². The fourth-order valence-electron chi connectivity index (χ4n) is 1.88. The van der Waals surface area contributed by atoms with Crippen LogP contribution in [0.4, 0.5) is 0 Å². The molecule has 0 aromatic rings. The second-order valence-corrected chi connectivity index (χ2v) is 5.46. The van der Waals surface area contributed by atoms with Gasteiger partial charge in [0.1, 0.15) is 5.60 Å². The van der Waals surface area contributed by atoms with E-state index in [2.05, 4.69) is 0 Å². The van der Waals surface area contributed by atoms with E-state index in [9.17, 15) is 14.7 Å². The Balaban J connectivity index is 2.67. The summed E-state index contributed by atoms with van der Waals surface area (Å²) in [5.74, 6) is -1.39. The Bertz CT molecular complexity index is 297. The lowest BCUT2D eigenvalue weighted by molar-refractivity contribution is -0.169. The molecular formula is C12H20O5. The molecule has 98 valence electrons. The molecule has 5 heteroatoms. The summed E-state index contributed by atoms with van der Waals surface area (Å²) < 4.78 is 10.3. The smallest absolute Gasteiger partial charge is 0.310 e. The summed E-state index contributed by atoms with van der Waals surface area (Å²) in [5, 5.41) is 9.27. The van der Waals surface area contributed by atoms with Gasteiger partial charge in [0.15, 0.2) is 0 Å². The van der Waals surface area contributed by atoms with E-state index in [1.807, 2.05) is 0 Å². The quantitative estimate of drug-likeness (QED) is 0.763. The van der Waals surface area contributed by atoms with Crippen LogP contribution in [0, 0.1) is 5.41 Å². The van der Waals surface area contributed by atoms with Crippen molar-refractivity contribution in [3.05, 3.63) is 0 Å². The molecule has 1 heterocycles. The number of ether oxygens (including phenoxy) is 2. The highest BCUT2D eigenvalue weighted by Gasteiger charge is 2.43. The van der Waals surface area contributed by atoms with Gasteiger partial charge in [-0.25, -0.2) is 0 Å². The zero-order chi connectivity index (χ0) is 13.1. The second kappa shape index (κ2) is 5.04. The Labute approximate surface area is 101 Å². The van der Waals surface area contributed by atoms with Crippen LogP contribution in [-0.2, 0) is 19.1 Å². The zero-order valence-corrected chi connectivity index (χ0v) is 10.6. The minimum atomic E-state index is -1.01. The van der Waals surface area contributed by atoms with Gasteiger partial charge in [-0.05, 0) is 33.6 Å². The Morgan fingerprint density at radius 2 is 1.82 bits per heavy atom. The second-order valence-electron chi connectivity index (χ2n) is 5.46. The number of aliphatic carboxylic acids is 1. The van der Waals surface area contributed by atoms with Gasteiger partial charge in [-0.15, -0.1) is 0 Å². The van der Waals surface area contributed by atoms with Crippen molar-refractivity contribution in [1.29, 1.82) is 0 Å². The van der Waals surface area contributed by atoms with Gasteiger partial charge >= 0.3 is 11.9 Å². The van der Waals surface area contributed by atoms with Crippen LogP contribution >= 0.6 is 0 Å². The fourth-order valence-corrected chi connectivity index (χ4v) is 1.88. The predicted molar refractivity (Wildman–Crippen MR) is 60.6 cm³/mol. The average molecular weight is 244 g/mol. The van der Waals surface area contributed by atoms with Crippen LogP contribution in [0.3, 0.4) is 0 Å². The number of rotatable bonds is 3. The van der Waals surface area contributed by atoms with E-state index in [-0.39, 0.29) is 6.42 Å². The molecule has 0 bridgehead atoms. The van der Waals surface area contributed by atoms with Crippen LogP contribution < -0.4 is 0 Å². The molecule has 1 N–H and O–H groups in total. The summed E-state index contributed by atoms with van der Waals surface area (Å²) in [6.07, 6.45) is 0.645. The summed E-state index contributed by atoms with van der Waals surface area (Å²) in [5.41, 5.74) is -1.59. The molecule has 0 aromatic carbocycles. The Hall–Kier alpha value is -1.10. The van der Waals surface area contributed by atoms with Gasteiger partial charge < -0.3 is 14.6 Å². The van der Waals surface area contributed by atoms with Crippen LogP contribution in [-0.4, -0.2) is 35.9 Å². The molecule has 1 saturated heterocycles. The third-order valence-corrected chi connectivity index (χ3v) is 2.81. The van der Waals surface area contributed by atoms with Gasteiger partial charge in [0.25, 0.3) is 0 Å². The van der Waals surface area contributed by atoms with Gasteiger partial charge in [0.2, 0.25) is 0 Å². The summed E-state index contributed by atoms with van der Waals surface area (Å²) >= 11 is 0. The Morgan fingerprint density at radius 1 is 1.29 bits per heavy atom. The minimum Gasteiger partial charge on any atom is -0.481 e. The molecule has 0 saturated carbocycles. The standard InChI is InChI=1S/C12H20O5/c1-11(2,3)17-9(13)8-12(10(14)15)4-6-16-7-5-12/h4-8H2,1-3H3,(H,14,15). The molecule has 1 aliphatic rings. The van der Waals surface area contributed by atoms with Crippen LogP contribution in [0.25, 0.3) is 0 Å². The molecule has 0 atom stereocenters. The van der Waals surface area contributed by atoms with Gasteiger partial charge in [-0.2, -0.15) is 0 Å². The van der Waals surface area contributed by atoms with Gasteiger partial charge in [-0.3, -0.25) is 9.59 Å². The van der Waals surface area contributed by atoms with E-state index in [1.54, 1.807) is 20.8 Å².